The standard InChI is InChI=1S/C24H26O3/c1-2-9-23-10-7-17-16-6-4-15(25)12-14(16)3-5-18(17)22(23)19-13-20(19)24(23)11-8-21(26)27-24/h2-3,5,8,11-12,16-20,22H,1,4,6-7,9-10,13H2. The molecule has 3 saturated carbocycles. The Bertz CT molecular complexity index is 848. The minimum Gasteiger partial charge on any atom is -0.451 e. The lowest BCUT2D eigenvalue weighted by molar-refractivity contribution is -0.167. The number of fused-ring (bicyclic) bond motifs is 9. The van der Waals surface area contributed by atoms with E-state index in [0.717, 1.165) is 25.7 Å². The third-order valence-electron chi connectivity index (χ3n) is 8.83. The van der Waals surface area contributed by atoms with Crippen LogP contribution >= 0.6 is 0 Å². The number of hydrogen-bond donors (Lipinski definition) is 0. The first-order valence-corrected chi connectivity index (χ1v) is 10.6. The second kappa shape index (κ2) is 5.12. The molecule has 0 N–H and O–H groups in total. The summed E-state index contributed by atoms with van der Waals surface area (Å²) >= 11 is 0. The van der Waals surface area contributed by atoms with Crippen LogP contribution in [0.15, 0.2) is 48.6 Å². The molecule has 3 fully saturated rings. The van der Waals surface area contributed by atoms with Crippen LogP contribution in [-0.4, -0.2) is 17.4 Å². The minimum absolute atomic E-state index is 0.00219. The van der Waals surface area contributed by atoms with Crippen LogP contribution in [0.4, 0.5) is 0 Å². The van der Waals surface area contributed by atoms with Crippen molar-refractivity contribution in [1.29, 1.82) is 0 Å². The van der Waals surface area contributed by atoms with E-state index >= 15 is 0 Å². The average Bonchev–Trinajstić information content (AvgIpc) is 3.30. The summed E-state index contributed by atoms with van der Waals surface area (Å²) in [6.07, 6.45) is 18.4. The van der Waals surface area contributed by atoms with Crippen molar-refractivity contribution in [2.24, 2.45) is 40.9 Å². The Labute approximate surface area is 160 Å². The first kappa shape index (κ1) is 16.1. The summed E-state index contributed by atoms with van der Waals surface area (Å²) in [7, 11) is 0. The zero-order valence-electron chi connectivity index (χ0n) is 15.6. The summed E-state index contributed by atoms with van der Waals surface area (Å²) in [5, 5.41) is 0. The van der Waals surface area contributed by atoms with Crippen molar-refractivity contribution < 1.29 is 14.3 Å². The van der Waals surface area contributed by atoms with Gasteiger partial charge in [0.15, 0.2) is 5.78 Å². The summed E-state index contributed by atoms with van der Waals surface area (Å²) in [6, 6.07) is 0. The Morgan fingerprint density at radius 1 is 1.22 bits per heavy atom. The number of carbonyl (C=O) groups excluding carboxylic acids is 2. The lowest BCUT2D eigenvalue weighted by atomic mass is 9.49. The van der Waals surface area contributed by atoms with Gasteiger partial charge in [0.05, 0.1) is 0 Å². The molecule has 0 bridgehead atoms. The van der Waals surface area contributed by atoms with Crippen LogP contribution in [0.3, 0.4) is 0 Å². The molecule has 0 aromatic carbocycles. The topological polar surface area (TPSA) is 43.4 Å². The Morgan fingerprint density at radius 3 is 2.89 bits per heavy atom. The van der Waals surface area contributed by atoms with Crippen LogP contribution in [-0.2, 0) is 14.3 Å². The fourth-order valence-corrected chi connectivity index (χ4v) is 8.01. The zero-order valence-corrected chi connectivity index (χ0v) is 15.6. The Balaban J connectivity index is 1.45. The highest BCUT2D eigenvalue weighted by Crippen LogP contribution is 2.78. The van der Waals surface area contributed by atoms with E-state index in [1.54, 1.807) is 6.08 Å². The maximum Gasteiger partial charge on any atom is 0.331 e. The molecule has 140 valence electrons. The predicted octanol–water partition coefficient (Wildman–Crippen LogP) is 4.17. The molecule has 5 aliphatic carbocycles. The van der Waals surface area contributed by atoms with Crippen LogP contribution in [0.2, 0.25) is 0 Å². The van der Waals surface area contributed by atoms with Gasteiger partial charge in [-0.15, -0.1) is 6.58 Å². The lowest BCUT2D eigenvalue weighted by Crippen LogP contribution is -2.55. The maximum absolute atomic E-state index is 12.1. The van der Waals surface area contributed by atoms with Crippen LogP contribution < -0.4 is 0 Å². The van der Waals surface area contributed by atoms with Gasteiger partial charge in [-0.3, -0.25) is 4.79 Å². The number of rotatable bonds is 2. The van der Waals surface area contributed by atoms with Crippen molar-refractivity contribution in [2.45, 2.75) is 44.1 Å². The van der Waals surface area contributed by atoms with Gasteiger partial charge in [-0.1, -0.05) is 18.2 Å². The number of hydrogen-bond acceptors (Lipinski definition) is 3. The van der Waals surface area contributed by atoms with Gasteiger partial charge in [-0.25, -0.2) is 4.79 Å². The van der Waals surface area contributed by atoms with Crippen molar-refractivity contribution in [3.63, 3.8) is 0 Å². The van der Waals surface area contributed by atoms with E-state index in [4.69, 9.17) is 4.74 Å². The summed E-state index contributed by atoms with van der Waals surface area (Å²) in [4.78, 5) is 24.0. The minimum atomic E-state index is -0.398. The summed E-state index contributed by atoms with van der Waals surface area (Å²) in [6.45, 7) is 4.07. The van der Waals surface area contributed by atoms with Gasteiger partial charge in [0, 0.05) is 23.8 Å². The molecular formula is C24H26O3. The highest BCUT2D eigenvalue weighted by molar-refractivity contribution is 5.92. The number of esters is 1. The molecule has 0 saturated heterocycles. The molecule has 0 aromatic rings. The molecule has 3 heteroatoms. The van der Waals surface area contributed by atoms with E-state index in [9.17, 15) is 9.59 Å². The van der Waals surface area contributed by atoms with E-state index in [1.165, 1.54) is 12.0 Å². The molecule has 27 heavy (non-hydrogen) atoms. The van der Waals surface area contributed by atoms with Crippen LogP contribution in [0.25, 0.3) is 0 Å². The molecule has 6 aliphatic rings. The first-order valence-electron chi connectivity index (χ1n) is 10.6. The number of carbonyl (C=O) groups is 2. The molecule has 1 aliphatic heterocycles. The molecule has 0 aromatic heterocycles. The van der Waals surface area contributed by atoms with Gasteiger partial charge >= 0.3 is 5.97 Å². The fraction of sp³-hybridized carbons (Fsp3) is 0.583. The molecule has 0 amide bonds. The van der Waals surface area contributed by atoms with Gasteiger partial charge in [-0.05, 0) is 79.4 Å². The van der Waals surface area contributed by atoms with Crippen LogP contribution in [0.5, 0.6) is 0 Å². The van der Waals surface area contributed by atoms with Crippen molar-refractivity contribution in [3.8, 4) is 0 Å². The van der Waals surface area contributed by atoms with E-state index in [2.05, 4.69) is 30.9 Å². The molecule has 1 heterocycles. The molecular weight excluding hydrogens is 336 g/mol. The molecule has 3 nitrogen and oxygen atoms in total. The quantitative estimate of drug-likeness (QED) is 0.547. The smallest absolute Gasteiger partial charge is 0.331 e. The third kappa shape index (κ3) is 1.83. The average molecular weight is 362 g/mol. The molecule has 8 unspecified atom stereocenters. The highest BCUT2D eigenvalue weighted by atomic mass is 16.6. The summed E-state index contributed by atoms with van der Waals surface area (Å²) in [5.74, 6) is 3.54. The van der Waals surface area contributed by atoms with E-state index in [-0.39, 0.29) is 17.2 Å². The fourth-order valence-electron chi connectivity index (χ4n) is 8.01. The first-order chi connectivity index (χ1) is 13.1. The normalized spacial score (nSPS) is 51.2. The second-order valence-electron chi connectivity index (χ2n) is 9.62. The lowest BCUT2D eigenvalue weighted by Gasteiger charge is -2.56. The van der Waals surface area contributed by atoms with E-state index in [0.29, 0.717) is 41.9 Å². The molecule has 1 spiro atoms. The number of allylic oxidation sites excluding steroid dienone is 5. The van der Waals surface area contributed by atoms with Gasteiger partial charge in [0.2, 0.25) is 0 Å². The van der Waals surface area contributed by atoms with Crippen molar-refractivity contribution >= 4 is 11.8 Å². The largest absolute Gasteiger partial charge is 0.451 e. The van der Waals surface area contributed by atoms with Crippen molar-refractivity contribution in [1.82, 2.24) is 0 Å². The SMILES string of the molecule is C=CCC12CCC3C4CCC(=O)C=C4C=CC3C1C1CC1C21C=CC(=O)O1. The summed E-state index contributed by atoms with van der Waals surface area (Å²) in [5.41, 5.74) is 0.865. The van der Waals surface area contributed by atoms with Gasteiger partial charge in [0.25, 0.3) is 0 Å². The molecule has 0 radical (unpaired) electrons. The monoisotopic (exact) mass is 362 g/mol. The van der Waals surface area contributed by atoms with Gasteiger partial charge in [-0.2, -0.15) is 0 Å². The van der Waals surface area contributed by atoms with E-state index in [1.807, 2.05) is 6.08 Å². The maximum atomic E-state index is 12.1. The zero-order chi connectivity index (χ0) is 18.4. The van der Waals surface area contributed by atoms with Crippen molar-refractivity contribution in [2.75, 3.05) is 0 Å². The number of ether oxygens (including phenoxy) is 1. The highest BCUT2D eigenvalue weighted by Gasteiger charge is 2.78. The molecule has 6 rings (SSSR count). The van der Waals surface area contributed by atoms with Crippen LogP contribution in [0, 0.1) is 40.9 Å². The second-order valence-corrected chi connectivity index (χ2v) is 9.62. The van der Waals surface area contributed by atoms with Gasteiger partial charge in [0.1, 0.15) is 5.60 Å². The Kier molecular flexibility index (Phi) is 3.05. The van der Waals surface area contributed by atoms with Crippen molar-refractivity contribution in [3.05, 3.63) is 48.6 Å². The summed E-state index contributed by atoms with van der Waals surface area (Å²) < 4.78 is 6.11. The molecule has 8 atom stereocenters. The Morgan fingerprint density at radius 2 is 2.11 bits per heavy atom. The predicted molar refractivity (Wildman–Crippen MR) is 101 cm³/mol. The van der Waals surface area contributed by atoms with Gasteiger partial charge < -0.3 is 4.74 Å². The van der Waals surface area contributed by atoms with E-state index < -0.39 is 5.60 Å². The third-order valence-corrected chi connectivity index (χ3v) is 8.83. The van der Waals surface area contributed by atoms with Crippen LogP contribution in [0.1, 0.15) is 38.5 Å². The Hall–Kier alpha value is -1.90. The number of ketones is 1.